The minimum Gasteiger partial charge on any atom is -0.478 e. The van der Waals surface area contributed by atoms with Gasteiger partial charge in [0, 0.05) is 23.5 Å². The SMILES string of the molecule is Cc1ccc(Nc2nc3c(C(=O)O)ccn3c3cnccc23)cc1. The molecule has 0 amide bonds. The van der Waals surface area contributed by atoms with Crippen molar-refractivity contribution in [1.29, 1.82) is 0 Å². The Bertz CT molecular complexity index is 1070. The van der Waals surface area contributed by atoms with Crippen molar-refractivity contribution < 1.29 is 9.90 Å². The van der Waals surface area contributed by atoms with Gasteiger partial charge in [-0.1, -0.05) is 17.7 Å². The molecule has 0 aliphatic rings. The maximum atomic E-state index is 11.4. The Balaban J connectivity index is 1.96. The Morgan fingerprint density at radius 1 is 1.17 bits per heavy atom. The van der Waals surface area contributed by atoms with Gasteiger partial charge >= 0.3 is 5.97 Å². The molecular weight excluding hydrogens is 304 g/mol. The van der Waals surface area contributed by atoms with E-state index in [1.54, 1.807) is 29.1 Å². The molecule has 0 unspecified atom stereocenters. The lowest BCUT2D eigenvalue weighted by Crippen LogP contribution is -2.02. The zero-order valence-electron chi connectivity index (χ0n) is 12.9. The maximum Gasteiger partial charge on any atom is 0.339 e. The van der Waals surface area contributed by atoms with Crippen molar-refractivity contribution in [2.75, 3.05) is 5.32 Å². The Morgan fingerprint density at radius 2 is 1.96 bits per heavy atom. The number of carboxylic acids is 1. The summed E-state index contributed by atoms with van der Waals surface area (Å²) in [5.74, 6) is -0.403. The standard InChI is InChI=1S/C18H14N4O2/c1-11-2-4-12(5-3-11)20-16-13-6-8-19-10-15(13)22-9-7-14(18(23)24)17(22)21-16/h2-10H,1H3,(H,20,21)(H,23,24). The molecule has 0 fully saturated rings. The van der Waals surface area contributed by atoms with Crippen molar-refractivity contribution in [3.8, 4) is 0 Å². The zero-order valence-corrected chi connectivity index (χ0v) is 12.9. The predicted molar refractivity (Wildman–Crippen MR) is 91.9 cm³/mol. The average molecular weight is 318 g/mol. The van der Waals surface area contributed by atoms with Gasteiger partial charge in [-0.2, -0.15) is 0 Å². The number of hydrogen-bond donors (Lipinski definition) is 2. The number of carboxylic acid groups (broad SMARTS) is 1. The highest BCUT2D eigenvalue weighted by Gasteiger charge is 2.15. The Hall–Kier alpha value is -3.41. The van der Waals surface area contributed by atoms with Crippen LogP contribution in [0.4, 0.5) is 11.5 Å². The molecule has 0 saturated heterocycles. The highest BCUT2D eigenvalue weighted by atomic mass is 16.4. The van der Waals surface area contributed by atoms with Crippen LogP contribution in [0.2, 0.25) is 0 Å². The quantitative estimate of drug-likeness (QED) is 0.603. The lowest BCUT2D eigenvalue weighted by molar-refractivity contribution is 0.0699. The van der Waals surface area contributed by atoms with Crippen LogP contribution in [0.3, 0.4) is 0 Å². The molecule has 0 aliphatic carbocycles. The molecule has 0 atom stereocenters. The molecule has 0 saturated carbocycles. The molecule has 0 aliphatic heterocycles. The number of anilines is 2. The second-order valence-electron chi connectivity index (χ2n) is 5.57. The molecule has 6 heteroatoms. The number of benzene rings is 1. The first-order chi connectivity index (χ1) is 11.6. The molecule has 2 N–H and O–H groups in total. The van der Waals surface area contributed by atoms with Gasteiger partial charge in [-0.3, -0.25) is 9.38 Å². The van der Waals surface area contributed by atoms with Gasteiger partial charge < -0.3 is 10.4 Å². The summed E-state index contributed by atoms with van der Waals surface area (Å²) < 4.78 is 1.74. The fourth-order valence-corrected chi connectivity index (χ4v) is 2.71. The third-order valence-electron chi connectivity index (χ3n) is 3.94. The van der Waals surface area contributed by atoms with E-state index in [1.807, 2.05) is 37.3 Å². The Kier molecular flexibility index (Phi) is 3.16. The monoisotopic (exact) mass is 318 g/mol. The average Bonchev–Trinajstić information content (AvgIpc) is 3.01. The molecule has 0 spiro atoms. The predicted octanol–water partition coefficient (Wildman–Crippen LogP) is 3.63. The summed E-state index contributed by atoms with van der Waals surface area (Å²) in [7, 11) is 0. The first-order valence-electron chi connectivity index (χ1n) is 7.45. The first kappa shape index (κ1) is 14.2. The van der Waals surface area contributed by atoms with E-state index < -0.39 is 5.97 Å². The molecular formula is C18H14N4O2. The summed E-state index contributed by atoms with van der Waals surface area (Å²) in [6.45, 7) is 2.02. The van der Waals surface area contributed by atoms with Crippen molar-refractivity contribution in [3.63, 3.8) is 0 Å². The van der Waals surface area contributed by atoms with Crippen molar-refractivity contribution in [2.45, 2.75) is 6.92 Å². The van der Waals surface area contributed by atoms with E-state index >= 15 is 0 Å². The van der Waals surface area contributed by atoms with Crippen LogP contribution < -0.4 is 5.32 Å². The van der Waals surface area contributed by atoms with Crippen molar-refractivity contribution in [2.24, 2.45) is 0 Å². The van der Waals surface area contributed by atoms with Crippen LogP contribution in [0, 0.1) is 6.92 Å². The second kappa shape index (κ2) is 5.34. The second-order valence-corrected chi connectivity index (χ2v) is 5.57. The van der Waals surface area contributed by atoms with Gasteiger partial charge in [-0.15, -0.1) is 0 Å². The number of fused-ring (bicyclic) bond motifs is 3. The third kappa shape index (κ3) is 2.25. The normalized spacial score (nSPS) is 11.0. The number of aromatic carboxylic acids is 1. The molecule has 0 radical (unpaired) electrons. The maximum absolute atomic E-state index is 11.4. The summed E-state index contributed by atoms with van der Waals surface area (Å²) in [6, 6.07) is 11.3. The number of rotatable bonds is 3. The zero-order chi connectivity index (χ0) is 16.7. The molecule has 24 heavy (non-hydrogen) atoms. The van der Waals surface area contributed by atoms with Gasteiger partial charge in [0.2, 0.25) is 0 Å². The third-order valence-corrected chi connectivity index (χ3v) is 3.94. The van der Waals surface area contributed by atoms with Crippen LogP contribution >= 0.6 is 0 Å². The van der Waals surface area contributed by atoms with E-state index in [0.29, 0.717) is 11.5 Å². The number of nitrogens with zero attached hydrogens (tertiary/aromatic N) is 3. The number of pyridine rings is 1. The number of aryl methyl sites for hydroxylation is 1. The topological polar surface area (TPSA) is 79.5 Å². The molecule has 0 bridgehead atoms. The fourth-order valence-electron chi connectivity index (χ4n) is 2.71. The van der Waals surface area contributed by atoms with Gasteiger partial charge in [-0.25, -0.2) is 9.78 Å². The van der Waals surface area contributed by atoms with Gasteiger partial charge in [0.25, 0.3) is 0 Å². The van der Waals surface area contributed by atoms with Crippen molar-refractivity contribution >= 4 is 34.0 Å². The van der Waals surface area contributed by atoms with Crippen LogP contribution in [0.15, 0.2) is 55.0 Å². The van der Waals surface area contributed by atoms with Gasteiger partial charge in [0.15, 0.2) is 5.65 Å². The van der Waals surface area contributed by atoms with Crippen LogP contribution in [-0.2, 0) is 0 Å². The molecule has 6 nitrogen and oxygen atoms in total. The molecule has 118 valence electrons. The molecule has 3 heterocycles. The first-order valence-corrected chi connectivity index (χ1v) is 7.45. The van der Waals surface area contributed by atoms with E-state index in [0.717, 1.165) is 22.2 Å². The van der Waals surface area contributed by atoms with Gasteiger partial charge in [0.05, 0.1) is 11.7 Å². The molecule has 1 aromatic carbocycles. The molecule has 4 rings (SSSR count). The number of hydrogen-bond acceptors (Lipinski definition) is 4. The van der Waals surface area contributed by atoms with E-state index in [-0.39, 0.29) is 5.56 Å². The summed E-state index contributed by atoms with van der Waals surface area (Å²) >= 11 is 0. The van der Waals surface area contributed by atoms with E-state index in [1.165, 1.54) is 0 Å². The lowest BCUT2D eigenvalue weighted by atomic mass is 10.2. The largest absolute Gasteiger partial charge is 0.478 e. The van der Waals surface area contributed by atoms with Crippen molar-refractivity contribution in [1.82, 2.24) is 14.4 Å². The van der Waals surface area contributed by atoms with Gasteiger partial charge in [-0.05, 0) is 31.2 Å². The van der Waals surface area contributed by atoms with E-state index in [9.17, 15) is 9.90 Å². The molecule has 3 aromatic heterocycles. The smallest absolute Gasteiger partial charge is 0.339 e. The minimum atomic E-state index is -1.01. The lowest BCUT2D eigenvalue weighted by Gasteiger charge is -2.11. The minimum absolute atomic E-state index is 0.160. The number of carbonyl (C=O) groups is 1. The number of nitrogens with one attached hydrogen (secondary N) is 1. The van der Waals surface area contributed by atoms with Crippen LogP contribution in [0.5, 0.6) is 0 Å². The number of aromatic nitrogens is 3. The summed E-state index contributed by atoms with van der Waals surface area (Å²) in [5, 5.41) is 13.5. The molecule has 4 aromatic rings. The highest BCUT2D eigenvalue weighted by Crippen LogP contribution is 2.27. The summed E-state index contributed by atoms with van der Waals surface area (Å²) in [6.07, 6.45) is 5.10. The van der Waals surface area contributed by atoms with Crippen molar-refractivity contribution in [3.05, 3.63) is 66.1 Å². The van der Waals surface area contributed by atoms with Crippen LogP contribution in [-0.4, -0.2) is 25.4 Å². The Labute approximate surface area is 137 Å². The Morgan fingerprint density at radius 3 is 2.71 bits per heavy atom. The highest BCUT2D eigenvalue weighted by molar-refractivity contribution is 5.99. The summed E-state index contributed by atoms with van der Waals surface area (Å²) in [4.78, 5) is 20.1. The van der Waals surface area contributed by atoms with E-state index in [4.69, 9.17) is 0 Å². The van der Waals surface area contributed by atoms with Crippen LogP contribution in [0.25, 0.3) is 16.6 Å². The van der Waals surface area contributed by atoms with E-state index in [2.05, 4.69) is 15.3 Å². The van der Waals surface area contributed by atoms with Crippen LogP contribution in [0.1, 0.15) is 15.9 Å². The summed E-state index contributed by atoms with van der Waals surface area (Å²) in [5.41, 5.74) is 3.40. The van der Waals surface area contributed by atoms with Gasteiger partial charge in [0.1, 0.15) is 11.4 Å². The fraction of sp³-hybridized carbons (Fsp3) is 0.0556.